The molecule has 1 fully saturated rings. The van der Waals surface area contributed by atoms with Crippen molar-refractivity contribution < 1.29 is 9.90 Å². The highest BCUT2D eigenvalue weighted by molar-refractivity contribution is 6.31. The summed E-state index contributed by atoms with van der Waals surface area (Å²) in [6, 6.07) is 7.09. The first-order valence-electron chi connectivity index (χ1n) is 6.91. The molecule has 4 nitrogen and oxygen atoms in total. The van der Waals surface area contributed by atoms with Gasteiger partial charge in [-0.15, -0.1) is 0 Å². The molecule has 3 N–H and O–H groups in total. The second kappa shape index (κ2) is 5.46. The van der Waals surface area contributed by atoms with Crippen LogP contribution in [-0.2, 0) is 0 Å². The average Bonchev–Trinajstić information content (AvgIpc) is 2.84. The molecule has 1 saturated carbocycles. The van der Waals surface area contributed by atoms with Gasteiger partial charge in [0.15, 0.2) is 0 Å². The number of aromatic amines is 1. The fourth-order valence-corrected chi connectivity index (χ4v) is 2.93. The largest absolute Gasteiger partial charge is 0.391 e. The Morgan fingerprint density at radius 1 is 1.30 bits per heavy atom. The number of hydrogen-bond donors (Lipinski definition) is 3. The first kappa shape index (κ1) is 13.5. The molecule has 106 valence electrons. The van der Waals surface area contributed by atoms with Crippen LogP contribution >= 0.6 is 11.6 Å². The number of benzene rings is 1. The van der Waals surface area contributed by atoms with E-state index in [1.165, 1.54) is 0 Å². The second-order valence-electron chi connectivity index (χ2n) is 5.35. The van der Waals surface area contributed by atoms with Crippen LogP contribution in [0.25, 0.3) is 10.9 Å². The minimum atomic E-state index is -0.438. The third kappa shape index (κ3) is 2.67. The molecular formula is C15H17ClN2O2. The van der Waals surface area contributed by atoms with Crippen LogP contribution in [0.5, 0.6) is 0 Å². The zero-order chi connectivity index (χ0) is 14.1. The van der Waals surface area contributed by atoms with Gasteiger partial charge in [-0.3, -0.25) is 4.79 Å². The molecule has 20 heavy (non-hydrogen) atoms. The summed E-state index contributed by atoms with van der Waals surface area (Å²) in [7, 11) is 0. The number of aliphatic hydroxyl groups is 1. The second-order valence-corrected chi connectivity index (χ2v) is 5.78. The molecule has 1 amide bonds. The molecular weight excluding hydrogens is 276 g/mol. The van der Waals surface area contributed by atoms with E-state index in [4.69, 9.17) is 11.6 Å². The quantitative estimate of drug-likeness (QED) is 0.797. The smallest absolute Gasteiger partial charge is 0.268 e. The summed E-state index contributed by atoms with van der Waals surface area (Å²) in [6.07, 6.45) is 3.22. The van der Waals surface area contributed by atoms with Crippen LogP contribution in [0.4, 0.5) is 0 Å². The predicted molar refractivity (Wildman–Crippen MR) is 79.0 cm³/mol. The molecule has 0 bridgehead atoms. The van der Waals surface area contributed by atoms with Crippen molar-refractivity contribution in [2.24, 2.45) is 0 Å². The van der Waals surface area contributed by atoms with Gasteiger partial charge in [-0.05, 0) is 37.1 Å². The lowest BCUT2D eigenvalue weighted by atomic mass is 9.92. The fourth-order valence-electron chi connectivity index (χ4n) is 2.75. The Labute approximate surface area is 122 Å². The van der Waals surface area contributed by atoms with Gasteiger partial charge in [0.1, 0.15) is 5.69 Å². The number of aromatic nitrogens is 1. The zero-order valence-electron chi connectivity index (χ0n) is 11.0. The maximum Gasteiger partial charge on any atom is 0.268 e. The van der Waals surface area contributed by atoms with Crippen molar-refractivity contribution in [1.82, 2.24) is 10.3 Å². The number of halogens is 1. The lowest BCUT2D eigenvalue weighted by Crippen LogP contribution is -2.45. The zero-order valence-corrected chi connectivity index (χ0v) is 11.8. The molecule has 1 aliphatic carbocycles. The lowest BCUT2D eigenvalue weighted by Gasteiger charge is -2.28. The van der Waals surface area contributed by atoms with E-state index in [1.807, 2.05) is 12.1 Å². The molecule has 1 aromatic heterocycles. The molecule has 1 aliphatic rings. The normalized spacial score (nSPS) is 22.9. The number of carbonyl (C=O) groups excluding carboxylic acids is 1. The number of H-pyrrole nitrogens is 1. The average molecular weight is 293 g/mol. The summed E-state index contributed by atoms with van der Waals surface area (Å²) in [6.45, 7) is 0. The Hall–Kier alpha value is -1.52. The molecule has 0 saturated heterocycles. The molecule has 3 rings (SSSR count). The Balaban J connectivity index is 1.78. The topological polar surface area (TPSA) is 65.1 Å². The third-order valence-electron chi connectivity index (χ3n) is 3.87. The molecule has 1 heterocycles. The molecule has 2 aromatic rings. The maximum atomic E-state index is 12.2. The van der Waals surface area contributed by atoms with Gasteiger partial charge >= 0.3 is 0 Å². The highest BCUT2D eigenvalue weighted by Crippen LogP contribution is 2.21. The van der Waals surface area contributed by atoms with Crippen LogP contribution in [0.15, 0.2) is 24.3 Å². The van der Waals surface area contributed by atoms with E-state index in [0.717, 1.165) is 36.6 Å². The van der Waals surface area contributed by atoms with E-state index in [0.29, 0.717) is 10.7 Å². The van der Waals surface area contributed by atoms with Crippen LogP contribution in [0, 0.1) is 0 Å². The van der Waals surface area contributed by atoms with Crippen molar-refractivity contribution in [3.8, 4) is 0 Å². The van der Waals surface area contributed by atoms with Gasteiger partial charge in [-0.25, -0.2) is 0 Å². The fraction of sp³-hybridized carbons (Fsp3) is 0.400. The van der Waals surface area contributed by atoms with Gasteiger partial charge in [0, 0.05) is 15.9 Å². The first-order valence-corrected chi connectivity index (χ1v) is 7.28. The molecule has 0 radical (unpaired) electrons. The number of nitrogens with one attached hydrogen (secondary N) is 2. The minimum Gasteiger partial charge on any atom is -0.391 e. The third-order valence-corrected chi connectivity index (χ3v) is 4.11. The van der Waals surface area contributed by atoms with Crippen molar-refractivity contribution in [1.29, 1.82) is 0 Å². The number of fused-ring (bicyclic) bond motifs is 1. The first-order chi connectivity index (χ1) is 9.63. The van der Waals surface area contributed by atoms with Crippen molar-refractivity contribution in [3.63, 3.8) is 0 Å². The van der Waals surface area contributed by atoms with E-state index in [2.05, 4.69) is 10.3 Å². The molecule has 0 spiro atoms. The molecule has 2 unspecified atom stereocenters. The predicted octanol–water partition coefficient (Wildman–Crippen LogP) is 2.85. The van der Waals surface area contributed by atoms with E-state index >= 15 is 0 Å². The number of rotatable bonds is 2. The van der Waals surface area contributed by atoms with Gasteiger partial charge in [0.2, 0.25) is 0 Å². The Bertz CT molecular complexity index is 638. The summed E-state index contributed by atoms with van der Waals surface area (Å²) >= 11 is 5.93. The summed E-state index contributed by atoms with van der Waals surface area (Å²) < 4.78 is 0. The minimum absolute atomic E-state index is 0.147. The Kier molecular flexibility index (Phi) is 3.68. The monoisotopic (exact) mass is 292 g/mol. The van der Waals surface area contributed by atoms with Crippen LogP contribution in [-0.4, -0.2) is 28.1 Å². The summed E-state index contributed by atoms with van der Waals surface area (Å²) in [5.41, 5.74) is 1.38. The lowest BCUT2D eigenvalue weighted by molar-refractivity contribution is 0.0714. The maximum absolute atomic E-state index is 12.2. The van der Waals surface area contributed by atoms with Gasteiger partial charge in [0.05, 0.1) is 12.1 Å². The van der Waals surface area contributed by atoms with Gasteiger partial charge in [-0.1, -0.05) is 24.4 Å². The Morgan fingerprint density at radius 2 is 2.10 bits per heavy atom. The summed E-state index contributed by atoms with van der Waals surface area (Å²) in [5, 5.41) is 14.4. The van der Waals surface area contributed by atoms with Crippen LogP contribution < -0.4 is 5.32 Å². The van der Waals surface area contributed by atoms with Crippen molar-refractivity contribution in [3.05, 3.63) is 35.0 Å². The Morgan fingerprint density at radius 3 is 2.90 bits per heavy atom. The van der Waals surface area contributed by atoms with Gasteiger partial charge < -0.3 is 15.4 Å². The summed E-state index contributed by atoms with van der Waals surface area (Å²) in [5.74, 6) is -0.178. The van der Waals surface area contributed by atoms with Crippen LogP contribution in [0.1, 0.15) is 36.2 Å². The van der Waals surface area contributed by atoms with Crippen LogP contribution in [0.3, 0.4) is 0 Å². The molecule has 1 aromatic carbocycles. The molecule has 2 atom stereocenters. The van der Waals surface area contributed by atoms with E-state index < -0.39 is 6.10 Å². The standard InChI is InChI=1S/C15H17ClN2O2/c16-10-5-6-11-9(7-10)8-13(17-11)15(20)18-12-3-1-2-4-14(12)19/h5-8,12,14,17,19H,1-4H2,(H,18,20). The number of aliphatic hydroxyl groups excluding tert-OH is 1. The van der Waals surface area contributed by atoms with E-state index in [-0.39, 0.29) is 11.9 Å². The SMILES string of the molecule is O=C(NC1CCCCC1O)c1cc2cc(Cl)ccc2[nH]1. The highest BCUT2D eigenvalue weighted by atomic mass is 35.5. The van der Waals surface area contributed by atoms with Gasteiger partial charge in [0.25, 0.3) is 5.91 Å². The van der Waals surface area contributed by atoms with E-state index in [9.17, 15) is 9.90 Å². The summed E-state index contributed by atoms with van der Waals surface area (Å²) in [4.78, 5) is 15.3. The number of amides is 1. The number of hydrogen-bond acceptors (Lipinski definition) is 2. The van der Waals surface area contributed by atoms with Gasteiger partial charge in [-0.2, -0.15) is 0 Å². The van der Waals surface area contributed by atoms with Crippen LogP contribution in [0.2, 0.25) is 5.02 Å². The molecule has 0 aliphatic heterocycles. The molecule has 5 heteroatoms. The van der Waals surface area contributed by atoms with E-state index in [1.54, 1.807) is 12.1 Å². The highest BCUT2D eigenvalue weighted by Gasteiger charge is 2.25. The van der Waals surface area contributed by atoms with Crippen molar-refractivity contribution in [2.45, 2.75) is 37.8 Å². The van der Waals surface area contributed by atoms with Crippen molar-refractivity contribution >= 4 is 28.4 Å². The number of carbonyl (C=O) groups is 1. The van der Waals surface area contributed by atoms with Crippen molar-refractivity contribution in [2.75, 3.05) is 0 Å².